The average molecular weight is 409 g/mol. The van der Waals surface area contributed by atoms with Gasteiger partial charge >= 0.3 is 0 Å². The lowest BCUT2D eigenvalue weighted by molar-refractivity contribution is -0.142. The summed E-state index contributed by atoms with van der Waals surface area (Å²) in [7, 11) is 0. The van der Waals surface area contributed by atoms with Crippen molar-refractivity contribution in [3.8, 4) is 11.1 Å². The summed E-state index contributed by atoms with van der Waals surface area (Å²) in [5.41, 5.74) is 2.15. The van der Waals surface area contributed by atoms with Gasteiger partial charge in [-0.25, -0.2) is 4.39 Å². The smallest absolute Gasteiger partial charge is 0.228 e. The fraction of sp³-hybridized carbons (Fsp3) is 0.440. The number of nitrogens with zero attached hydrogens (tertiary/aromatic N) is 1. The molecule has 1 atom stereocenters. The van der Waals surface area contributed by atoms with Crippen LogP contribution in [0.1, 0.15) is 38.2 Å². The molecule has 30 heavy (non-hydrogen) atoms. The summed E-state index contributed by atoms with van der Waals surface area (Å²) in [4.78, 5) is 27.8. The molecule has 4 rings (SSSR count). The summed E-state index contributed by atoms with van der Waals surface area (Å²) in [6.45, 7) is 3.70. The zero-order chi connectivity index (χ0) is 21.1. The quantitative estimate of drug-likeness (QED) is 0.779. The van der Waals surface area contributed by atoms with E-state index in [-0.39, 0.29) is 23.5 Å². The zero-order valence-electron chi connectivity index (χ0n) is 17.5. The molecule has 1 N–H and O–H groups in total. The average Bonchev–Trinajstić information content (AvgIpc) is 3.59. The number of hydrogen-bond donors (Lipinski definition) is 1. The second kappa shape index (κ2) is 8.58. The van der Waals surface area contributed by atoms with Gasteiger partial charge < -0.3 is 10.2 Å². The third-order valence-electron chi connectivity index (χ3n) is 6.26. The Hall–Kier alpha value is -2.69. The third kappa shape index (κ3) is 4.40. The van der Waals surface area contributed by atoms with Gasteiger partial charge in [0.1, 0.15) is 5.82 Å². The highest BCUT2D eigenvalue weighted by Crippen LogP contribution is 2.38. The van der Waals surface area contributed by atoms with Crippen molar-refractivity contribution in [1.29, 1.82) is 0 Å². The second-order valence-corrected chi connectivity index (χ2v) is 8.66. The maximum atomic E-state index is 13.7. The molecule has 1 aliphatic heterocycles. The molecule has 2 aromatic rings. The summed E-state index contributed by atoms with van der Waals surface area (Å²) in [6.07, 6.45) is 4.10. The molecule has 158 valence electrons. The summed E-state index contributed by atoms with van der Waals surface area (Å²) in [5.74, 6) is 0.121. The zero-order valence-corrected chi connectivity index (χ0v) is 17.5. The number of likely N-dealkylation sites (tertiary alicyclic amines) is 1. The topological polar surface area (TPSA) is 49.4 Å². The minimum absolute atomic E-state index is 0.0226. The van der Waals surface area contributed by atoms with Gasteiger partial charge in [0.05, 0.1) is 5.41 Å². The number of carbonyl (C=O) groups excluding carboxylic acids is 2. The Morgan fingerprint density at radius 2 is 1.87 bits per heavy atom. The first-order valence-corrected chi connectivity index (χ1v) is 10.9. The predicted octanol–water partition coefficient (Wildman–Crippen LogP) is 4.19. The van der Waals surface area contributed by atoms with Gasteiger partial charge in [0, 0.05) is 25.6 Å². The molecular weight excluding hydrogens is 379 g/mol. The van der Waals surface area contributed by atoms with E-state index in [0.717, 1.165) is 48.9 Å². The molecule has 1 saturated heterocycles. The molecule has 1 heterocycles. The van der Waals surface area contributed by atoms with Crippen LogP contribution in [0, 0.1) is 17.2 Å². The predicted molar refractivity (Wildman–Crippen MR) is 115 cm³/mol. The summed E-state index contributed by atoms with van der Waals surface area (Å²) >= 11 is 0. The molecular formula is C25H29FN2O2. The number of piperidine rings is 1. The molecule has 1 saturated carbocycles. The van der Waals surface area contributed by atoms with Crippen LogP contribution in [0.15, 0.2) is 48.5 Å². The summed E-state index contributed by atoms with van der Waals surface area (Å²) in [6, 6.07) is 14.5. The van der Waals surface area contributed by atoms with Crippen LogP contribution >= 0.6 is 0 Å². The van der Waals surface area contributed by atoms with Gasteiger partial charge in [0.15, 0.2) is 0 Å². The Kier molecular flexibility index (Phi) is 5.89. The molecule has 5 heteroatoms. The van der Waals surface area contributed by atoms with Gasteiger partial charge in [-0.2, -0.15) is 0 Å². The maximum Gasteiger partial charge on any atom is 0.228 e. The van der Waals surface area contributed by atoms with Crippen molar-refractivity contribution in [2.24, 2.45) is 11.3 Å². The van der Waals surface area contributed by atoms with E-state index in [2.05, 4.69) is 5.32 Å². The van der Waals surface area contributed by atoms with E-state index in [1.165, 1.54) is 12.1 Å². The molecule has 2 fully saturated rings. The first-order valence-electron chi connectivity index (χ1n) is 10.9. The van der Waals surface area contributed by atoms with Crippen LogP contribution in [0.3, 0.4) is 0 Å². The van der Waals surface area contributed by atoms with E-state index >= 15 is 0 Å². The molecule has 0 bridgehead atoms. The molecule has 0 spiro atoms. The van der Waals surface area contributed by atoms with Crippen LogP contribution < -0.4 is 5.32 Å². The molecule has 0 radical (unpaired) electrons. The number of carbonyl (C=O) groups is 2. The summed E-state index contributed by atoms with van der Waals surface area (Å²) < 4.78 is 13.7. The normalized spacial score (nSPS) is 21.3. The largest absolute Gasteiger partial charge is 0.356 e. The van der Waals surface area contributed by atoms with Crippen molar-refractivity contribution >= 4 is 11.8 Å². The van der Waals surface area contributed by atoms with E-state index in [1.54, 1.807) is 6.07 Å². The second-order valence-electron chi connectivity index (χ2n) is 8.66. The molecule has 0 unspecified atom stereocenters. The lowest BCUT2D eigenvalue weighted by Crippen LogP contribution is -2.54. The van der Waals surface area contributed by atoms with E-state index in [9.17, 15) is 14.0 Å². The Morgan fingerprint density at radius 3 is 2.57 bits per heavy atom. The van der Waals surface area contributed by atoms with Crippen LogP contribution in [0.25, 0.3) is 11.1 Å². The van der Waals surface area contributed by atoms with Gasteiger partial charge in [-0.3, -0.25) is 9.59 Å². The van der Waals surface area contributed by atoms with Crippen LogP contribution in [0.4, 0.5) is 4.39 Å². The molecule has 2 amide bonds. The van der Waals surface area contributed by atoms with Crippen molar-refractivity contribution in [2.75, 3.05) is 19.6 Å². The molecule has 1 aliphatic carbocycles. The van der Waals surface area contributed by atoms with E-state index in [1.807, 2.05) is 42.2 Å². The minimum Gasteiger partial charge on any atom is -0.356 e. The van der Waals surface area contributed by atoms with Gasteiger partial charge in [-0.1, -0.05) is 36.4 Å². The molecule has 4 nitrogen and oxygen atoms in total. The summed E-state index contributed by atoms with van der Waals surface area (Å²) in [5, 5.41) is 3.01. The van der Waals surface area contributed by atoms with Gasteiger partial charge in [0.2, 0.25) is 11.8 Å². The lowest BCUT2D eigenvalue weighted by Gasteiger charge is -2.42. The van der Waals surface area contributed by atoms with Crippen LogP contribution in [0.5, 0.6) is 0 Å². The van der Waals surface area contributed by atoms with Gasteiger partial charge in [0.25, 0.3) is 0 Å². The van der Waals surface area contributed by atoms with Crippen molar-refractivity contribution < 1.29 is 14.0 Å². The van der Waals surface area contributed by atoms with Crippen LogP contribution in [0.2, 0.25) is 0 Å². The standard InChI is InChI=1S/C25H29FN2O2/c1-2-27-24(30)25(12-5-13-28(17-25)23(29)19-10-11-19)16-18-6-3-7-20(14-18)21-8-4-9-22(26)15-21/h3-4,6-9,14-15,19H,2,5,10-13,16-17H2,1H3,(H,27,30)/t25-/m0/s1. The SMILES string of the molecule is CCNC(=O)[C@]1(Cc2cccc(-c3cccc(F)c3)c2)CCCN(C(=O)C2CC2)C1. The van der Waals surface area contributed by atoms with Crippen molar-refractivity contribution in [3.05, 3.63) is 59.9 Å². The Balaban J connectivity index is 1.61. The van der Waals surface area contributed by atoms with E-state index in [0.29, 0.717) is 19.5 Å². The van der Waals surface area contributed by atoms with Gasteiger partial charge in [-0.15, -0.1) is 0 Å². The maximum absolute atomic E-state index is 13.7. The number of benzene rings is 2. The number of hydrogen-bond acceptors (Lipinski definition) is 2. The van der Waals surface area contributed by atoms with Crippen LogP contribution in [-0.4, -0.2) is 36.3 Å². The van der Waals surface area contributed by atoms with Crippen LogP contribution in [-0.2, 0) is 16.0 Å². The lowest BCUT2D eigenvalue weighted by atomic mass is 9.74. The fourth-order valence-electron chi connectivity index (χ4n) is 4.59. The number of nitrogens with one attached hydrogen (secondary N) is 1. The Bertz CT molecular complexity index is 940. The number of halogens is 1. The van der Waals surface area contributed by atoms with Gasteiger partial charge in [-0.05, 0) is 67.9 Å². The first kappa shape index (κ1) is 20.6. The third-order valence-corrected chi connectivity index (χ3v) is 6.26. The highest BCUT2D eigenvalue weighted by molar-refractivity contribution is 5.86. The Morgan fingerprint density at radius 1 is 1.13 bits per heavy atom. The van der Waals surface area contributed by atoms with Crippen molar-refractivity contribution in [1.82, 2.24) is 10.2 Å². The van der Waals surface area contributed by atoms with E-state index < -0.39 is 5.41 Å². The molecule has 2 aromatic carbocycles. The highest BCUT2D eigenvalue weighted by Gasteiger charge is 2.45. The van der Waals surface area contributed by atoms with E-state index in [4.69, 9.17) is 0 Å². The monoisotopic (exact) mass is 408 g/mol. The Labute approximate surface area is 177 Å². The van der Waals surface area contributed by atoms with Crippen molar-refractivity contribution in [3.63, 3.8) is 0 Å². The molecule has 2 aliphatic rings. The number of rotatable bonds is 6. The minimum atomic E-state index is -0.626. The highest BCUT2D eigenvalue weighted by atomic mass is 19.1. The van der Waals surface area contributed by atoms with Crippen molar-refractivity contribution in [2.45, 2.75) is 39.0 Å². The molecule has 0 aromatic heterocycles. The fourth-order valence-corrected chi connectivity index (χ4v) is 4.59. The number of amides is 2. The first-order chi connectivity index (χ1) is 14.5.